The molecule has 1 heterocycles. The van der Waals surface area contributed by atoms with E-state index in [1.165, 1.54) is 12.0 Å². The minimum absolute atomic E-state index is 0.306. The van der Waals surface area contributed by atoms with Crippen LogP contribution in [0.1, 0.15) is 44.1 Å². The zero-order valence-electron chi connectivity index (χ0n) is 13.3. The smallest absolute Gasteiger partial charge is 0.223 e. The van der Waals surface area contributed by atoms with Crippen molar-refractivity contribution in [3.63, 3.8) is 0 Å². The molecule has 1 atom stereocenters. The number of rotatable bonds is 6. The van der Waals surface area contributed by atoms with Crippen LogP contribution in [0.25, 0.3) is 0 Å². The quantitative estimate of drug-likeness (QED) is 0.872. The molecule has 3 nitrogen and oxygen atoms in total. The van der Waals surface area contributed by atoms with Gasteiger partial charge in [-0.2, -0.15) is 0 Å². The van der Waals surface area contributed by atoms with E-state index in [2.05, 4.69) is 29.3 Å². The van der Waals surface area contributed by atoms with Gasteiger partial charge in [-0.1, -0.05) is 37.3 Å². The van der Waals surface area contributed by atoms with E-state index in [4.69, 9.17) is 0 Å². The maximum Gasteiger partial charge on any atom is 0.223 e. The summed E-state index contributed by atoms with van der Waals surface area (Å²) in [5.41, 5.74) is 1.26. The lowest BCUT2D eigenvalue weighted by atomic mass is 9.92. The van der Waals surface area contributed by atoms with E-state index in [-0.39, 0.29) is 0 Å². The van der Waals surface area contributed by atoms with Gasteiger partial charge in [-0.25, -0.2) is 0 Å². The van der Waals surface area contributed by atoms with Gasteiger partial charge in [0, 0.05) is 19.5 Å². The summed E-state index contributed by atoms with van der Waals surface area (Å²) in [6.45, 7) is 5.11. The average molecular weight is 288 g/mol. The number of carbonyl (C=O) groups excluding carboxylic acids is 1. The minimum atomic E-state index is 0.306. The SMILES string of the molecule is CNCCC1CCN(C(=O)CC(C)c2ccccc2)CC1. The Bertz CT molecular complexity index is 424. The summed E-state index contributed by atoms with van der Waals surface area (Å²) in [5, 5.41) is 3.21. The summed E-state index contributed by atoms with van der Waals surface area (Å²) in [6, 6.07) is 10.3. The second-order valence-electron chi connectivity index (χ2n) is 6.23. The molecule has 1 unspecified atom stereocenters. The number of amides is 1. The Kier molecular flexibility index (Phi) is 6.24. The van der Waals surface area contributed by atoms with Crippen molar-refractivity contribution in [3.05, 3.63) is 35.9 Å². The average Bonchev–Trinajstić information content (AvgIpc) is 2.54. The van der Waals surface area contributed by atoms with Crippen LogP contribution >= 0.6 is 0 Å². The van der Waals surface area contributed by atoms with Gasteiger partial charge in [-0.3, -0.25) is 4.79 Å². The van der Waals surface area contributed by atoms with Crippen LogP contribution in [0.3, 0.4) is 0 Å². The largest absolute Gasteiger partial charge is 0.343 e. The molecule has 1 aromatic rings. The van der Waals surface area contributed by atoms with Gasteiger partial charge in [0.25, 0.3) is 0 Å². The van der Waals surface area contributed by atoms with Crippen molar-refractivity contribution in [2.24, 2.45) is 5.92 Å². The molecule has 0 saturated carbocycles. The third kappa shape index (κ3) is 4.85. The number of piperidine rings is 1. The van der Waals surface area contributed by atoms with E-state index in [9.17, 15) is 4.79 Å². The van der Waals surface area contributed by atoms with E-state index in [1.807, 2.05) is 25.2 Å². The Morgan fingerprint density at radius 3 is 2.57 bits per heavy atom. The molecule has 1 aliphatic rings. The zero-order valence-corrected chi connectivity index (χ0v) is 13.3. The highest BCUT2D eigenvalue weighted by Gasteiger charge is 2.23. The third-order valence-corrected chi connectivity index (χ3v) is 4.62. The molecule has 2 rings (SSSR count). The second-order valence-corrected chi connectivity index (χ2v) is 6.23. The number of benzene rings is 1. The van der Waals surface area contributed by atoms with Crippen molar-refractivity contribution in [1.82, 2.24) is 10.2 Å². The van der Waals surface area contributed by atoms with E-state index < -0.39 is 0 Å². The number of likely N-dealkylation sites (tertiary alicyclic amines) is 1. The fourth-order valence-electron chi connectivity index (χ4n) is 3.11. The fourth-order valence-corrected chi connectivity index (χ4v) is 3.11. The van der Waals surface area contributed by atoms with Crippen molar-refractivity contribution >= 4 is 5.91 Å². The first kappa shape index (κ1) is 16.0. The van der Waals surface area contributed by atoms with Crippen LogP contribution in [0.4, 0.5) is 0 Å². The highest BCUT2D eigenvalue weighted by atomic mass is 16.2. The predicted molar refractivity (Wildman–Crippen MR) is 87.3 cm³/mol. The summed E-state index contributed by atoms with van der Waals surface area (Å²) in [4.78, 5) is 14.5. The van der Waals surface area contributed by atoms with Crippen LogP contribution in [-0.2, 0) is 4.79 Å². The van der Waals surface area contributed by atoms with Gasteiger partial charge in [0.2, 0.25) is 5.91 Å². The van der Waals surface area contributed by atoms with E-state index in [0.717, 1.165) is 38.4 Å². The van der Waals surface area contributed by atoms with Crippen molar-refractivity contribution in [2.45, 2.75) is 38.5 Å². The summed E-state index contributed by atoms with van der Waals surface area (Å²) >= 11 is 0. The Balaban J connectivity index is 1.77. The molecule has 0 aliphatic carbocycles. The number of carbonyl (C=O) groups is 1. The summed E-state index contributed by atoms with van der Waals surface area (Å²) in [5.74, 6) is 1.41. The first-order valence-corrected chi connectivity index (χ1v) is 8.18. The molecule has 1 aromatic carbocycles. The van der Waals surface area contributed by atoms with Crippen molar-refractivity contribution in [1.29, 1.82) is 0 Å². The third-order valence-electron chi connectivity index (χ3n) is 4.62. The van der Waals surface area contributed by atoms with Crippen molar-refractivity contribution in [2.75, 3.05) is 26.7 Å². The molecular formula is C18H28N2O. The predicted octanol–water partition coefficient (Wildman–Crippen LogP) is 3.03. The van der Waals surface area contributed by atoms with Crippen LogP contribution in [-0.4, -0.2) is 37.5 Å². The molecule has 116 valence electrons. The molecule has 1 aliphatic heterocycles. The standard InChI is InChI=1S/C18H28N2O/c1-15(17-6-4-3-5-7-17)14-18(21)20-12-9-16(10-13-20)8-11-19-2/h3-7,15-16,19H,8-14H2,1-2H3. The fraction of sp³-hybridized carbons (Fsp3) is 0.611. The van der Waals surface area contributed by atoms with E-state index >= 15 is 0 Å². The van der Waals surface area contributed by atoms with Gasteiger partial charge in [0.15, 0.2) is 0 Å². The molecule has 1 N–H and O–H groups in total. The molecular weight excluding hydrogens is 260 g/mol. The van der Waals surface area contributed by atoms with Gasteiger partial charge in [-0.15, -0.1) is 0 Å². The van der Waals surface area contributed by atoms with Gasteiger partial charge in [0.05, 0.1) is 0 Å². The van der Waals surface area contributed by atoms with Crippen molar-refractivity contribution in [3.8, 4) is 0 Å². The lowest BCUT2D eigenvalue weighted by molar-refractivity contribution is -0.132. The number of nitrogens with zero attached hydrogens (tertiary/aromatic N) is 1. The van der Waals surface area contributed by atoms with Crippen LogP contribution in [0, 0.1) is 5.92 Å². The molecule has 21 heavy (non-hydrogen) atoms. The first-order valence-electron chi connectivity index (χ1n) is 8.18. The molecule has 1 amide bonds. The van der Waals surface area contributed by atoms with Gasteiger partial charge < -0.3 is 10.2 Å². The van der Waals surface area contributed by atoms with E-state index in [1.54, 1.807) is 0 Å². The first-order chi connectivity index (χ1) is 10.2. The maximum atomic E-state index is 12.4. The lowest BCUT2D eigenvalue weighted by Gasteiger charge is -2.32. The molecule has 1 saturated heterocycles. The van der Waals surface area contributed by atoms with Crippen LogP contribution in [0.5, 0.6) is 0 Å². The highest BCUT2D eigenvalue weighted by molar-refractivity contribution is 5.77. The normalized spacial score (nSPS) is 17.7. The van der Waals surface area contributed by atoms with E-state index in [0.29, 0.717) is 18.2 Å². The van der Waals surface area contributed by atoms with Crippen LogP contribution in [0.15, 0.2) is 30.3 Å². The lowest BCUT2D eigenvalue weighted by Crippen LogP contribution is -2.39. The monoisotopic (exact) mass is 288 g/mol. The Morgan fingerprint density at radius 2 is 1.95 bits per heavy atom. The Morgan fingerprint density at radius 1 is 1.29 bits per heavy atom. The minimum Gasteiger partial charge on any atom is -0.343 e. The topological polar surface area (TPSA) is 32.3 Å². The molecule has 3 heteroatoms. The number of hydrogen-bond acceptors (Lipinski definition) is 2. The van der Waals surface area contributed by atoms with Crippen LogP contribution < -0.4 is 5.32 Å². The molecule has 0 spiro atoms. The Labute approximate surface area is 128 Å². The molecule has 1 fully saturated rings. The summed E-state index contributed by atoms with van der Waals surface area (Å²) in [6.07, 6.45) is 4.18. The highest BCUT2D eigenvalue weighted by Crippen LogP contribution is 2.24. The van der Waals surface area contributed by atoms with Crippen molar-refractivity contribution < 1.29 is 4.79 Å². The zero-order chi connectivity index (χ0) is 15.1. The molecule has 0 radical (unpaired) electrons. The number of hydrogen-bond donors (Lipinski definition) is 1. The Hall–Kier alpha value is -1.35. The maximum absolute atomic E-state index is 12.4. The molecule has 0 aromatic heterocycles. The summed E-state index contributed by atoms with van der Waals surface area (Å²) in [7, 11) is 2.00. The van der Waals surface area contributed by atoms with Gasteiger partial charge >= 0.3 is 0 Å². The number of nitrogens with one attached hydrogen (secondary N) is 1. The second kappa shape index (κ2) is 8.18. The van der Waals surface area contributed by atoms with Crippen LogP contribution in [0.2, 0.25) is 0 Å². The van der Waals surface area contributed by atoms with Gasteiger partial charge in [-0.05, 0) is 50.3 Å². The summed E-state index contributed by atoms with van der Waals surface area (Å²) < 4.78 is 0. The molecule has 0 bridgehead atoms. The van der Waals surface area contributed by atoms with Gasteiger partial charge in [0.1, 0.15) is 0 Å².